The largest absolute Gasteiger partial charge is 0.380 e. The lowest BCUT2D eigenvalue weighted by Crippen LogP contribution is -2.53. The summed E-state index contributed by atoms with van der Waals surface area (Å²) in [6, 6.07) is 0. The molecule has 0 heterocycles. The number of carbonyl (C=O) groups is 1. The zero-order valence-electron chi connectivity index (χ0n) is 9.64. The maximum absolute atomic E-state index is 11.6. The number of hydrogen-bond acceptors (Lipinski definition) is 3. The predicted molar refractivity (Wildman–Crippen MR) is 57.3 cm³/mol. The van der Waals surface area contributed by atoms with Gasteiger partial charge in [0.25, 0.3) is 0 Å². The van der Waals surface area contributed by atoms with E-state index in [9.17, 15) is 4.79 Å². The van der Waals surface area contributed by atoms with Gasteiger partial charge in [-0.1, -0.05) is 6.92 Å². The average molecular weight is 202 g/mol. The average Bonchev–Trinajstić information content (AvgIpc) is 2.12. The van der Waals surface area contributed by atoms with Crippen LogP contribution in [0.25, 0.3) is 0 Å². The van der Waals surface area contributed by atoms with Crippen LogP contribution in [0, 0.1) is 0 Å². The van der Waals surface area contributed by atoms with E-state index in [4.69, 9.17) is 4.74 Å². The van der Waals surface area contributed by atoms with Gasteiger partial charge in [-0.25, -0.2) is 0 Å². The Morgan fingerprint density at radius 1 is 1.36 bits per heavy atom. The smallest absolute Gasteiger partial charge is 0.239 e. The maximum atomic E-state index is 11.6. The van der Waals surface area contributed by atoms with Gasteiger partial charge in [0, 0.05) is 13.2 Å². The van der Waals surface area contributed by atoms with E-state index in [-0.39, 0.29) is 5.91 Å². The molecule has 0 aliphatic heterocycles. The molecule has 0 fully saturated rings. The van der Waals surface area contributed by atoms with Gasteiger partial charge < -0.3 is 15.4 Å². The number of carbonyl (C=O) groups excluding carboxylic acids is 1. The van der Waals surface area contributed by atoms with Crippen LogP contribution in [0.2, 0.25) is 0 Å². The van der Waals surface area contributed by atoms with Gasteiger partial charge in [0.2, 0.25) is 5.91 Å². The van der Waals surface area contributed by atoms with Gasteiger partial charge >= 0.3 is 0 Å². The van der Waals surface area contributed by atoms with E-state index in [1.165, 1.54) is 0 Å². The molecule has 0 aliphatic carbocycles. The van der Waals surface area contributed by atoms with E-state index < -0.39 is 5.54 Å². The van der Waals surface area contributed by atoms with Crippen molar-refractivity contribution >= 4 is 5.91 Å². The van der Waals surface area contributed by atoms with Crippen LogP contribution in [0.1, 0.15) is 27.7 Å². The lowest BCUT2D eigenvalue weighted by Gasteiger charge is -2.24. The van der Waals surface area contributed by atoms with Crippen molar-refractivity contribution in [3.63, 3.8) is 0 Å². The first-order valence-corrected chi connectivity index (χ1v) is 5.15. The van der Waals surface area contributed by atoms with Crippen LogP contribution in [0.4, 0.5) is 0 Å². The first-order valence-electron chi connectivity index (χ1n) is 5.15. The summed E-state index contributed by atoms with van der Waals surface area (Å²) in [5, 5.41) is 5.93. The van der Waals surface area contributed by atoms with E-state index in [2.05, 4.69) is 10.6 Å². The van der Waals surface area contributed by atoms with Gasteiger partial charge in [-0.2, -0.15) is 0 Å². The van der Waals surface area contributed by atoms with E-state index in [1.54, 1.807) is 0 Å². The van der Waals surface area contributed by atoms with Gasteiger partial charge in [-0.3, -0.25) is 4.79 Å². The third-order valence-corrected chi connectivity index (χ3v) is 1.92. The summed E-state index contributed by atoms with van der Waals surface area (Å²) in [5.74, 6) is 0.0130. The second-order valence-corrected chi connectivity index (χ2v) is 3.61. The highest BCUT2D eigenvalue weighted by molar-refractivity contribution is 5.85. The highest BCUT2D eigenvalue weighted by Crippen LogP contribution is 2.00. The minimum atomic E-state index is -0.499. The summed E-state index contributed by atoms with van der Waals surface area (Å²) in [6.07, 6.45) is 0. The standard InChI is InChI=1S/C10H22N2O2/c1-5-12-10(3,4)9(13)11-7-8-14-6-2/h12H,5-8H2,1-4H3,(H,11,13). The van der Waals surface area contributed by atoms with Crippen LogP contribution in [-0.4, -0.2) is 37.7 Å². The van der Waals surface area contributed by atoms with E-state index in [0.717, 1.165) is 6.54 Å². The first-order chi connectivity index (χ1) is 6.54. The topological polar surface area (TPSA) is 50.4 Å². The maximum Gasteiger partial charge on any atom is 0.239 e. The SMILES string of the molecule is CCNC(C)(C)C(=O)NCCOCC. The summed E-state index contributed by atoms with van der Waals surface area (Å²) < 4.78 is 5.12. The van der Waals surface area contributed by atoms with Crippen LogP contribution in [0.3, 0.4) is 0 Å². The molecule has 0 unspecified atom stereocenters. The third kappa shape index (κ3) is 5.19. The summed E-state index contributed by atoms with van der Waals surface area (Å²) in [7, 11) is 0. The number of ether oxygens (including phenoxy) is 1. The highest BCUT2D eigenvalue weighted by atomic mass is 16.5. The first kappa shape index (κ1) is 13.4. The number of hydrogen-bond donors (Lipinski definition) is 2. The van der Waals surface area contributed by atoms with E-state index in [1.807, 2.05) is 27.7 Å². The third-order valence-electron chi connectivity index (χ3n) is 1.92. The molecular weight excluding hydrogens is 180 g/mol. The molecule has 4 nitrogen and oxygen atoms in total. The van der Waals surface area contributed by atoms with Crippen molar-refractivity contribution in [2.24, 2.45) is 0 Å². The molecule has 1 amide bonds. The quantitative estimate of drug-likeness (QED) is 0.592. The number of rotatable bonds is 7. The number of nitrogens with one attached hydrogen (secondary N) is 2. The Morgan fingerprint density at radius 3 is 2.50 bits per heavy atom. The van der Waals surface area contributed by atoms with Crippen molar-refractivity contribution in [2.75, 3.05) is 26.3 Å². The van der Waals surface area contributed by atoms with E-state index >= 15 is 0 Å². The molecule has 2 N–H and O–H groups in total. The van der Waals surface area contributed by atoms with Gasteiger partial charge in [-0.05, 0) is 27.3 Å². The van der Waals surface area contributed by atoms with Gasteiger partial charge in [-0.15, -0.1) is 0 Å². The molecule has 0 atom stereocenters. The highest BCUT2D eigenvalue weighted by Gasteiger charge is 2.25. The molecule has 0 spiro atoms. The Hall–Kier alpha value is -0.610. The second-order valence-electron chi connectivity index (χ2n) is 3.61. The molecule has 0 saturated heterocycles. The second kappa shape index (κ2) is 6.79. The van der Waals surface area contributed by atoms with Crippen molar-refractivity contribution in [2.45, 2.75) is 33.2 Å². The zero-order valence-corrected chi connectivity index (χ0v) is 9.64. The van der Waals surface area contributed by atoms with Crippen LogP contribution >= 0.6 is 0 Å². The van der Waals surface area contributed by atoms with Crippen LogP contribution in [0.15, 0.2) is 0 Å². The molecule has 0 aromatic heterocycles. The summed E-state index contributed by atoms with van der Waals surface area (Å²) in [4.78, 5) is 11.6. The Labute approximate surface area is 86.4 Å². The summed E-state index contributed by atoms with van der Waals surface area (Å²) in [5.41, 5.74) is -0.499. The molecule has 0 radical (unpaired) electrons. The molecular formula is C10H22N2O2. The Balaban J connectivity index is 3.71. The van der Waals surface area contributed by atoms with Gasteiger partial charge in [0.1, 0.15) is 0 Å². The minimum Gasteiger partial charge on any atom is -0.380 e. The molecule has 0 bridgehead atoms. The normalized spacial score (nSPS) is 11.4. The minimum absolute atomic E-state index is 0.0130. The van der Waals surface area contributed by atoms with Crippen molar-refractivity contribution in [1.29, 1.82) is 0 Å². The monoisotopic (exact) mass is 202 g/mol. The van der Waals surface area contributed by atoms with Crippen molar-refractivity contribution in [3.05, 3.63) is 0 Å². The van der Waals surface area contributed by atoms with Crippen LogP contribution in [-0.2, 0) is 9.53 Å². The fourth-order valence-corrected chi connectivity index (χ4v) is 1.12. The molecule has 0 aromatic rings. The number of likely N-dealkylation sites (N-methyl/N-ethyl adjacent to an activating group) is 1. The van der Waals surface area contributed by atoms with Gasteiger partial charge in [0.15, 0.2) is 0 Å². The van der Waals surface area contributed by atoms with Crippen molar-refractivity contribution in [1.82, 2.24) is 10.6 Å². The molecule has 0 rings (SSSR count). The number of amides is 1. The molecule has 84 valence electrons. The Kier molecular flexibility index (Phi) is 6.49. The molecule has 0 saturated carbocycles. The van der Waals surface area contributed by atoms with Crippen molar-refractivity contribution < 1.29 is 9.53 Å². The Bertz CT molecular complexity index is 170. The predicted octanol–water partition coefficient (Wildman–Crippen LogP) is 0.527. The zero-order chi connectivity index (χ0) is 11.0. The van der Waals surface area contributed by atoms with E-state index in [0.29, 0.717) is 19.8 Å². The molecule has 0 aliphatic rings. The molecule has 0 aromatic carbocycles. The fraction of sp³-hybridized carbons (Fsp3) is 0.900. The van der Waals surface area contributed by atoms with Crippen LogP contribution < -0.4 is 10.6 Å². The fourth-order valence-electron chi connectivity index (χ4n) is 1.12. The summed E-state index contributed by atoms with van der Waals surface area (Å²) >= 11 is 0. The van der Waals surface area contributed by atoms with Crippen LogP contribution in [0.5, 0.6) is 0 Å². The molecule has 14 heavy (non-hydrogen) atoms. The molecule has 4 heteroatoms. The lowest BCUT2D eigenvalue weighted by atomic mass is 10.1. The van der Waals surface area contributed by atoms with Gasteiger partial charge in [0.05, 0.1) is 12.1 Å². The lowest BCUT2D eigenvalue weighted by molar-refractivity contribution is -0.126. The summed E-state index contributed by atoms with van der Waals surface area (Å²) in [6.45, 7) is 10.3. The van der Waals surface area contributed by atoms with Crippen molar-refractivity contribution in [3.8, 4) is 0 Å². The Morgan fingerprint density at radius 2 is 2.00 bits per heavy atom.